The first kappa shape index (κ1) is 18.4. The molecule has 1 saturated heterocycles. The molecule has 1 N–H and O–H groups in total. The molecule has 0 radical (unpaired) electrons. The average molecular weight is 377 g/mol. The molecular weight excluding hydrogens is 354 g/mol. The Morgan fingerprint density at radius 3 is 2.77 bits per heavy atom. The van der Waals surface area contributed by atoms with E-state index in [2.05, 4.69) is 10.4 Å². The maximum Gasteiger partial charge on any atom is 0.263 e. The SMILES string of the molecule is Cc1ccc(C)c(OCC(=O)Nc2cc(C)nn2C2CCS(=O)(=O)C2)c1. The molecule has 0 spiro atoms. The molecule has 1 atom stereocenters. The second-order valence-electron chi connectivity index (χ2n) is 6.78. The van der Waals surface area contributed by atoms with Crippen LogP contribution in [0.1, 0.15) is 29.3 Å². The lowest BCUT2D eigenvalue weighted by molar-refractivity contribution is -0.118. The Kier molecular flexibility index (Phi) is 5.04. The Morgan fingerprint density at radius 1 is 1.31 bits per heavy atom. The first-order chi connectivity index (χ1) is 12.2. The monoisotopic (exact) mass is 377 g/mol. The lowest BCUT2D eigenvalue weighted by Gasteiger charge is -2.14. The van der Waals surface area contributed by atoms with E-state index in [1.807, 2.05) is 39.0 Å². The predicted molar refractivity (Wildman–Crippen MR) is 99.3 cm³/mol. The third-order valence-electron chi connectivity index (χ3n) is 4.38. The zero-order valence-electron chi connectivity index (χ0n) is 15.2. The van der Waals surface area contributed by atoms with E-state index < -0.39 is 9.84 Å². The summed E-state index contributed by atoms with van der Waals surface area (Å²) in [6.45, 7) is 5.56. The molecule has 1 fully saturated rings. The number of ether oxygens (including phenoxy) is 1. The minimum absolute atomic E-state index is 0.0516. The van der Waals surface area contributed by atoms with E-state index >= 15 is 0 Å². The molecule has 1 aromatic carbocycles. The van der Waals surface area contributed by atoms with Crippen LogP contribution in [0.5, 0.6) is 5.75 Å². The molecule has 7 nitrogen and oxygen atoms in total. The van der Waals surface area contributed by atoms with Gasteiger partial charge in [0.2, 0.25) is 0 Å². The predicted octanol–water partition coefficient (Wildman–Crippen LogP) is 2.19. The molecule has 1 aromatic heterocycles. The molecule has 2 aromatic rings. The number of hydrogen-bond donors (Lipinski definition) is 1. The molecule has 1 aliphatic rings. The number of sulfone groups is 1. The lowest BCUT2D eigenvalue weighted by Crippen LogP contribution is -2.24. The Hall–Kier alpha value is -2.35. The molecule has 0 aliphatic carbocycles. The van der Waals surface area contributed by atoms with Crippen LogP contribution in [0.25, 0.3) is 0 Å². The molecule has 1 aliphatic heterocycles. The number of amides is 1. The van der Waals surface area contributed by atoms with Gasteiger partial charge in [-0.1, -0.05) is 12.1 Å². The van der Waals surface area contributed by atoms with E-state index in [9.17, 15) is 13.2 Å². The number of carbonyl (C=O) groups is 1. The minimum Gasteiger partial charge on any atom is -0.483 e. The summed E-state index contributed by atoms with van der Waals surface area (Å²) >= 11 is 0. The van der Waals surface area contributed by atoms with Gasteiger partial charge in [-0.25, -0.2) is 13.1 Å². The Labute approximate surface area is 153 Å². The first-order valence-electron chi connectivity index (χ1n) is 8.50. The van der Waals surface area contributed by atoms with Gasteiger partial charge in [-0.3, -0.25) is 4.79 Å². The van der Waals surface area contributed by atoms with Gasteiger partial charge >= 0.3 is 0 Å². The summed E-state index contributed by atoms with van der Waals surface area (Å²) in [4.78, 5) is 12.3. The maximum absolute atomic E-state index is 12.3. The number of nitrogens with zero attached hydrogens (tertiary/aromatic N) is 2. The number of aryl methyl sites for hydroxylation is 3. The van der Waals surface area contributed by atoms with Crippen molar-refractivity contribution < 1.29 is 17.9 Å². The molecule has 26 heavy (non-hydrogen) atoms. The van der Waals surface area contributed by atoms with Gasteiger partial charge in [0.1, 0.15) is 11.6 Å². The lowest BCUT2D eigenvalue weighted by atomic mass is 10.1. The molecule has 0 saturated carbocycles. The summed E-state index contributed by atoms with van der Waals surface area (Å²) in [5.41, 5.74) is 2.74. The highest BCUT2D eigenvalue weighted by Gasteiger charge is 2.31. The fraction of sp³-hybridized carbons (Fsp3) is 0.444. The van der Waals surface area contributed by atoms with E-state index in [0.717, 1.165) is 16.8 Å². The summed E-state index contributed by atoms with van der Waals surface area (Å²) in [6, 6.07) is 7.31. The fourth-order valence-electron chi connectivity index (χ4n) is 3.04. The summed E-state index contributed by atoms with van der Waals surface area (Å²) in [5, 5.41) is 7.13. The third kappa shape index (κ3) is 4.24. The molecule has 8 heteroatoms. The van der Waals surface area contributed by atoms with Crippen LogP contribution in [0.15, 0.2) is 24.3 Å². The van der Waals surface area contributed by atoms with Gasteiger partial charge in [0.15, 0.2) is 16.4 Å². The quantitative estimate of drug-likeness (QED) is 0.862. The molecule has 2 heterocycles. The standard InChI is InChI=1S/C18H23N3O4S/c1-12-4-5-13(2)16(8-12)25-10-18(22)19-17-9-14(3)20-21(17)15-6-7-26(23,24)11-15/h4-5,8-9,15H,6-7,10-11H2,1-3H3,(H,19,22). The molecule has 1 amide bonds. The van der Waals surface area contributed by atoms with Crippen molar-refractivity contribution >= 4 is 21.6 Å². The van der Waals surface area contributed by atoms with Crippen molar-refractivity contribution in [3.8, 4) is 5.75 Å². The highest BCUT2D eigenvalue weighted by atomic mass is 32.2. The summed E-state index contributed by atoms with van der Waals surface area (Å²) in [6.07, 6.45) is 0.505. The average Bonchev–Trinajstić information content (AvgIpc) is 3.10. The zero-order valence-corrected chi connectivity index (χ0v) is 16.0. The molecule has 140 valence electrons. The van der Waals surface area contributed by atoms with Crippen LogP contribution < -0.4 is 10.1 Å². The van der Waals surface area contributed by atoms with Crippen molar-refractivity contribution in [1.29, 1.82) is 0 Å². The summed E-state index contributed by atoms with van der Waals surface area (Å²) in [5.74, 6) is 1.06. The second-order valence-corrected chi connectivity index (χ2v) is 9.01. The van der Waals surface area contributed by atoms with Gasteiger partial charge in [-0.15, -0.1) is 0 Å². The third-order valence-corrected chi connectivity index (χ3v) is 6.13. The number of rotatable bonds is 5. The highest BCUT2D eigenvalue weighted by Crippen LogP contribution is 2.27. The van der Waals surface area contributed by atoms with Crippen molar-refractivity contribution in [2.45, 2.75) is 33.2 Å². The molecule has 0 bridgehead atoms. The van der Waals surface area contributed by atoms with Gasteiger partial charge in [-0.2, -0.15) is 5.10 Å². The van der Waals surface area contributed by atoms with E-state index in [-0.39, 0.29) is 30.1 Å². The fourth-order valence-corrected chi connectivity index (χ4v) is 4.73. The van der Waals surface area contributed by atoms with Crippen molar-refractivity contribution in [1.82, 2.24) is 9.78 Å². The number of nitrogens with one attached hydrogen (secondary N) is 1. The van der Waals surface area contributed by atoms with Crippen LogP contribution in [-0.2, 0) is 14.6 Å². The topological polar surface area (TPSA) is 90.3 Å². The number of aromatic nitrogens is 2. The van der Waals surface area contributed by atoms with Crippen LogP contribution >= 0.6 is 0 Å². The van der Waals surface area contributed by atoms with E-state index in [4.69, 9.17) is 4.74 Å². The van der Waals surface area contributed by atoms with Gasteiger partial charge in [0.25, 0.3) is 5.91 Å². The minimum atomic E-state index is -3.03. The van der Waals surface area contributed by atoms with E-state index in [0.29, 0.717) is 18.0 Å². The molecule has 3 rings (SSSR count). The van der Waals surface area contributed by atoms with Crippen LogP contribution in [0.3, 0.4) is 0 Å². The van der Waals surface area contributed by atoms with Crippen molar-refractivity contribution in [2.75, 3.05) is 23.4 Å². The van der Waals surface area contributed by atoms with E-state index in [1.165, 1.54) is 0 Å². The van der Waals surface area contributed by atoms with Gasteiger partial charge in [-0.05, 0) is 44.4 Å². The molecular formula is C18H23N3O4S. The van der Waals surface area contributed by atoms with Crippen molar-refractivity contribution in [3.63, 3.8) is 0 Å². The number of hydrogen-bond acceptors (Lipinski definition) is 5. The van der Waals surface area contributed by atoms with Crippen LogP contribution in [0, 0.1) is 20.8 Å². The van der Waals surface area contributed by atoms with Crippen LogP contribution in [-0.4, -0.2) is 42.2 Å². The van der Waals surface area contributed by atoms with Crippen molar-refractivity contribution in [3.05, 3.63) is 41.1 Å². The van der Waals surface area contributed by atoms with Gasteiger partial charge in [0, 0.05) is 6.07 Å². The maximum atomic E-state index is 12.3. The first-order valence-corrected chi connectivity index (χ1v) is 10.3. The summed E-state index contributed by atoms with van der Waals surface area (Å²) in [7, 11) is -3.03. The Morgan fingerprint density at radius 2 is 2.08 bits per heavy atom. The number of benzene rings is 1. The number of anilines is 1. The van der Waals surface area contributed by atoms with E-state index in [1.54, 1.807) is 10.7 Å². The largest absolute Gasteiger partial charge is 0.483 e. The highest BCUT2D eigenvalue weighted by molar-refractivity contribution is 7.91. The normalized spacial score (nSPS) is 18.7. The van der Waals surface area contributed by atoms with Gasteiger partial charge < -0.3 is 10.1 Å². The zero-order chi connectivity index (χ0) is 18.9. The van der Waals surface area contributed by atoms with Crippen molar-refractivity contribution in [2.24, 2.45) is 0 Å². The Balaban J connectivity index is 1.67. The van der Waals surface area contributed by atoms with Gasteiger partial charge in [0.05, 0.1) is 23.2 Å². The Bertz CT molecular complexity index is 934. The van der Waals surface area contributed by atoms with Crippen LogP contribution in [0.2, 0.25) is 0 Å². The smallest absolute Gasteiger partial charge is 0.263 e. The molecule has 1 unspecified atom stereocenters. The number of carbonyl (C=O) groups excluding carboxylic acids is 1. The summed E-state index contributed by atoms with van der Waals surface area (Å²) < 4.78 is 30.7. The second kappa shape index (κ2) is 7.11. The van der Waals surface area contributed by atoms with Crippen LogP contribution in [0.4, 0.5) is 5.82 Å².